The van der Waals surface area contributed by atoms with Crippen LogP contribution in [0.1, 0.15) is 77.0 Å². The molecule has 36 heavy (non-hydrogen) atoms. The van der Waals surface area contributed by atoms with Crippen molar-refractivity contribution in [2.24, 2.45) is 5.92 Å². The lowest BCUT2D eigenvalue weighted by Gasteiger charge is -2.38. The Balaban J connectivity index is 1.44. The van der Waals surface area contributed by atoms with Gasteiger partial charge in [-0.3, -0.25) is 14.5 Å². The van der Waals surface area contributed by atoms with Crippen LogP contribution in [-0.2, 0) is 9.59 Å². The van der Waals surface area contributed by atoms with Gasteiger partial charge in [0.15, 0.2) is 5.78 Å². The first-order valence-corrected chi connectivity index (χ1v) is 13.0. The predicted molar refractivity (Wildman–Crippen MR) is 132 cm³/mol. The number of hydrogen-bond donors (Lipinski definition) is 3. The molecule has 2 aromatic rings. The first kappa shape index (κ1) is 26.4. The molecule has 4 atom stereocenters. The molecule has 1 saturated carbocycles. The highest BCUT2D eigenvalue weighted by Gasteiger charge is 2.34. The van der Waals surface area contributed by atoms with Gasteiger partial charge in [-0.15, -0.1) is 0 Å². The van der Waals surface area contributed by atoms with E-state index < -0.39 is 23.9 Å². The highest BCUT2D eigenvalue weighted by molar-refractivity contribution is 5.90. The second-order valence-electron chi connectivity index (χ2n) is 10.4. The van der Waals surface area contributed by atoms with Gasteiger partial charge >= 0.3 is 0 Å². The standard InChI is InChI=1S/C27H36F2N4O3/c1-16(26-30-15-23(31-26)20-10-9-19(28)13-21(20)29)12-24(34)22(32-27(36)18-7-5-8-18)14-25(35)33-11-4-3-6-17(33)2/h9-10,13,15-18,22,25,35H,3-8,11-12,14H2,1-2H3,(H,30,31)(H,32,36)/t16-,17+,22+,25?/m1/s1. The third kappa shape index (κ3) is 6.18. The number of halogens is 2. The number of nitrogens with one attached hydrogen (secondary N) is 2. The zero-order valence-electron chi connectivity index (χ0n) is 21.0. The van der Waals surface area contributed by atoms with E-state index in [4.69, 9.17) is 0 Å². The Bertz CT molecular complexity index is 1070. The summed E-state index contributed by atoms with van der Waals surface area (Å²) in [6.45, 7) is 4.67. The predicted octanol–water partition coefficient (Wildman–Crippen LogP) is 4.29. The molecular formula is C27H36F2N4O3. The molecule has 3 N–H and O–H groups in total. The Labute approximate surface area is 210 Å². The number of aliphatic hydroxyl groups excluding tert-OH is 1. The van der Waals surface area contributed by atoms with Gasteiger partial charge in [0.2, 0.25) is 5.91 Å². The normalized spacial score (nSPS) is 21.4. The largest absolute Gasteiger partial charge is 0.378 e. The molecule has 1 aliphatic carbocycles. The molecule has 7 nitrogen and oxygen atoms in total. The van der Waals surface area contributed by atoms with Gasteiger partial charge in [-0.2, -0.15) is 0 Å². The maximum Gasteiger partial charge on any atom is 0.223 e. The van der Waals surface area contributed by atoms with Gasteiger partial charge in [-0.1, -0.05) is 19.8 Å². The number of aliphatic hydroxyl groups is 1. The zero-order chi connectivity index (χ0) is 25.8. The molecular weight excluding hydrogens is 466 g/mol. The number of H-pyrrole nitrogens is 1. The summed E-state index contributed by atoms with van der Waals surface area (Å²) in [5, 5.41) is 13.9. The first-order valence-electron chi connectivity index (χ1n) is 13.0. The fraction of sp³-hybridized carbons (Fsp3) is 0.593. The monoisotopic (exact) mass is 502 g/mol. The average molecular weight is 503 g/mol. The Hall–Kier alpha value is -2.65. The van der Waals surface area contributed by atoms with Crippen LogP contribution in [0, 0.1) is 17.6 Å². The van der Waals surface area contributed by atoms with E-state index in [1.807, 2.05) is 11.8 Å². The smallest absolute Gasteiger partial charge is 0.223 e. The number of likely N-dealkylation sites (tertiary alicyclic amines) is 1. The van der Waals surface area contributed by atoms with E-state index >= 15 is 0 Å². The second kappa shape index (κ2) is 11.6. The molecule has 1 aromatic carbocycles. The number of rotatable bonds is 10. The number of aromatic nitrogens is 2. The summed E-state index contributed by atoms with van der Waals surface area (Å²) in [6.07, 6.45) is 6.65. The van der Waals surface area contributed by atoms with E-state index in [9.17, 15) is 23.5 Å². The summed E-state index contributed by atoms with van der Waals surface area (Å²) >= 11 is 0. The number of amides is 1. The number of Topliss-reactive ketones (excluding diaryl/α,β-unsaturated/α-hetero) is 1. The van der Waals surface area contributed by atoms with Crippen LogP contribution in [-0.4, -0.2) is 56.5 Å². The summed E-state index contributed by atoms with van der Waals surface area (Å²) in [5.74, 6) is -1.56. The van der Waals surface area contributed by atoms with Crippen LogP contribution < -0.4 is 5.32 Å². The Morgan fingerprint density at radius 1 is 1.22 bits per heavy atom. The van der Waals surface area contributed by atoms with Crippen LogP contribution in [0.15, 0.2) is 24.4 Å². The molecule has 196 valence electrons. The van der Waals surface area contributed by atoms with Crippen molar-refractivity contribution in [1.29, 1.82) is 0 Å². The third-order valence-electron chi connectivity index (χ3n) is 7.66. The highest BCUT2D eigenvalue weighted by atomic mass is 19.1. The number of aromatic amines is 1. The molecule has 1 amide bonds. The van der Waals surface area contributed by atoms with E-state index in [2.05, 4.69) is 22.2 Å². The lowest BCUT2D eigenvalue weighted by molar-refractivity contribution is -0.134. The van der Waals surface area contributed by atoms with Gasteiger partial charge in [0.05, 0.1) is 17.9 Å². The van der Waals surface area contributed by atoms with Crippen molar-refractivity contribution in [2.75, 3.05) is 6.54 Å². The zero-order valence-corrected chi connectivity index (χ0v) is 21.0. The van der Waals surface area contributed by atoms with Crippen LogP contribution in [0.25, 0.3) is 11.3 Å². The molecule has 2 heterocycles. The van der Waals surface area contributed by atoms with Crippen LogP contribution in [0.5, 0.6) is 0 Å². The van der Waals surface area contributed by atoms with Gasteiger partial charge in [0.25, 0.3) is 0 Å². The van der Waals surface area contributed by atoms with Crippen molar-refractivity contribution in [2.45, 2.75) is 89.4 Å². The molecule has 0 radical (unpaired) electrons. The first-order chi connectivity index (χ1) is 17.2. The quantitative estimate of drug-likeness (QED) is 0.450. The molecule has 0 spiro atoms. The molecule has 1 saturated heterocycles. The number of imidazole rings is 1. The van der Waals surface area contributed by atoms with Gasteiger partial charge in [-0.05, 0) is 44.7 Å². The number of nitrogens with zero attached hydrogens (tertiary/aromatic N) is 2. The third-order valence-corrected chi connectivity index (χ3v) is 7.66. The highest BCUT2D eigenvalue weighted by Crippen LogP contribution is 2.28. The van der Waals surface area contributed by atoms with Gasteiger partial charge in [0.1, 0.15) is 23.7 Å². The van der Waals surface area contributed by atoms with Gasteiger partial charge in [-0.25, -0.2) is 13.8 Å². The van der Waals surface area contributed by atoms with Crippen molar-refractivity contribution in [3.05, 3.63) is 41.9 Å². The van der Waals surface area contributed by atoms with Crippen molar-refractivity contribution < 1.29 is 23.5 Å². The maximum absolute atomic E-state index is 14.2. The lowest BCUT2D eigenvalue weighted by atomic mass is 9.84. The average Bonchev–Trinajstić information content (AvgIpc) is 3.27. The molecule has 0 bridgehead atoms. The summed E-state index contributed by atoms with van der Waals surface area (Å²) in [4.78, 5) is 35.4. The number of benzene rings is 1. The Morgan fingerprint density at radius 3 is 2.67 bits per heavy atom. The summed E-state index contributed by atoms with van der Waals surface area (Å²) in [5.41, 5.74) is 0.587. The number of carbonyl (C=O) groups excluding carboxylic acids is 2. The molecule has 1 unspecified atom stereocenters. The number of ketones is 1. The number of hydrogen-bond acceptors (Lipinski definition) is 5. The van der Waals surface area contributed by atoms with E-state index in [0.717, 1.165) is 51.1 Å². The summed E-state index contributed by atoms with van der Waals surface area (Å²) < 4.78 is 27.4. The Kier molecular flexibility index (Phi) is 8.51. The van der Waals surface area contributed by atoms with E-state index in [1.54, 1.807) is 0 Å². The molecule has 1 aromatic heterocycles. The molecule has 1 aliphatic heterocycles. The maximum atomic E-state index is 14.2. The van der Waals surface area contributed by atoms with Gasteiger partial charge < -0.3 is 15.4 Å². The summed E-state index contributed by atoms with van der Waals surface area (Å²) in [7, 11) is 0. The fourth-order valence-electron chi connectivity index (χ4n) is 5.11. The fourth-order valence-corrected chi connectivity index (χ4v) is 5.11. The van der Waals surface area contributed by atoms with E-state index in [0.29, 0.717) is 11.5 Å². The van der Waals surface area contributed by atoms with E-state index in [-0.39, 0.29) is 48.0 Å². The minimum atomic E-state index is -0.817. The SMILES string of the molecule is C[C@H](CC(=O)[C@H](CC(O)N1CCCC[C@@H]1C)NC(=O)C1CCC1)c1ncc(-c2ccc(F)cc2F)[nH]1. The Morgan fingerprint density at radius 2 is 2.00 bits per heavy atom. The molecule has 9 heteroatoms. The van der Waals surface area contributed by atoms with Crippen molar-refractivity contribution in [3.63, 3.8) is 0 Å². The van der Waals surface area contributed by atoms with Crippen LogP contribution in [0.2, 0.25) is 0 Å². The second-order valence-corrected chi connectivity index (χ2v) is 10.4. The molecule has 2 fully saturated rings. The number of carbonyl (C=O) groups is 2. The summed E-state index contributed by atoms with van der Waals surface area (Å²) in [6, 6.07) is 2.75. The molecule has 2 aliphatic rings. The number of piperidine rings is 1. The van der Waals surface area contributed by atoms with Crippen LogP contribution in [0.3, 0.4) is 0 Å². The topological polar surface area (TPSA) is 98.3 Å². The van der Waals surface area contributed by atoms with Crippen LogP contribution in [0.4, 0.5) is 8.78 Å². The van der Waals surface area contributed by atoms with Crippen LogP contribution >= 0.6 is 0 Å². The van der Waals surface area contributed by atoms with Crippen molar-refractivity contribution in [3.8, 4) is 11.3 Å². The minimum absolute atomic E-state index is 0.0676. The van der Waals surface area contributed by atoms with E-state index in [1.165, 1.54) is 18.3 Å². The molecule has 4 rings (SSSR count). The minimum Gasteiger partial charge on any atom is -0.378 e. The van der Waals surface area contributed by atoms with Crippen molar-refractivity contribution in [1.82, 2.24) is 20.2 Å². The van der Waals surface area contributed by atoms with Crippen molar-refractivity contribution >= 4 is 11.7 Å². The van der Waals surface area contributed by atoms with Gasteiger partial charge in [0, 0.05) is 48.9 Å². The lowest BCUT2D eigenvalue weighted by Crippen LogP contribution is -2.51.